The fraction of sp³-hybridized carbons (Fsp3) is 0.483. The zero-order valence-corrected chi connectivity index (χ0v) is 23.0. The summed E-state index contributed by atoms with van der Waals surface area (Å²) in [4.78, 5) is 12.9. The molecule has 35 heavy (non-hydrogen) atoms. The summed E-state index contributed by atoms with van der Waals surface area (Å²) in [5.74, 6) is 1.44. The maximum Gasteiger partial charge on any atom is 0.340 e. The molecule has 3 atom stereocenters. The first-order valence-electron chi connectivity index (χ1n) is 12.2. The maximum atomic E-state index is 12.9. The zero-order chi connectivity index (χ0) is 25.9. The van der Waals surface area contributed by atoms with E-state index >= 15 is 0 Å². The summed E-state index contributed by atoms with van der Waals surface area (Å²) in [5.41, 5.74) is -1.29. The van der Waals surface area contributed by atoms with Crippen molar-refractivity contribution in [2.75, 3.05) is 6.61 Å². The number of benzene rings is 2. The van der Waals surface area contributed by atoms with E-state index in [9.17, 15) is 4.79 Å². The van der Waals surface area contributed by atoms with Gasteiger partial charge in [0.2, 0.25) is 0 Å². The largest absolute Gasteiger partial charge is 0.464 e. The number of carbonyl (C=O) groups is 1. The van der Waals surface area contributed by atoms with Crippen LogP contribution in [0.4, 0.5) is 0 Å². The molecule has 0 spiro atoms. The molecule has 0 unspecified atom stereocenters. The minimum absolute atomic E-state index is 0.235. The second-order valence-corrected chi connectivity index (χ2v) is 14.9. The molecule has 6 heteroatoms. The number of esters is 1. The molecule has 188 valence electrons. The summed E-state index contributed by atoms with van der Waals surface area (Å²) in [6.45, 7) is 13.9. The first-order valence-corrected chi connectivity index (χ1v) is 14.1. The predicted molar refractivity (Wildman–Crippen MR) is 141 cm³/mol. The minimum Gasteiger partial charge on any atom is -0.464 e. The molecule has 5 nitrogen and oxygen atoms in total. The smallest absolute Gasteiger partial charge is 0.340 e. The lowest BCUT2D eigenvalue weighted by molar-refractivity contribution is -0.186. The van der Waals surface area contributed by atoms with Gasteiger partial charge in [-0.1, -0.05) is 87.4 Å². The number of rotatable bonds is 8. The maximum absolute atomic E-state index is 12.9. The predicted octanol–water partition coefficient (Wildman–Crippen LogP) is 4.43. The van der Waals surface area contributed by atoms with Crippen molar-refractivity contribution in [1.82, 2.24) is 0 Å². The lowest BCUT2D eigenvalue weighted by Crippen LogP contribution is -2.68. The molecular weight excluding hydrogens is 456 g/mol. The highest BCUT2D eigenvalue weighted by Crippen LogP contribution is 2.42. The molecule has 1 heterocycles. The van der Waals surface area contributed by atoms with E-state index in [0.717, 1.165) is 10.4 Å². The van der Waals surface area contributed by atoms with Gasteiger partial charge >= 0.3 is 5.97 Å². The van der Waals surface area contributed by atoms with Crippen LogP contribution in [0.2, 0.25) is 5.04 Å². The molecule has 0 aromatic heterocycles. The molecule has 0 amide bonds. The monoisotopic (exact) mass is 494 g/mol. The van der Waals surface area contributed by atoms with Crippen molar-refractivity contribution in [3.63, 3.8) is 0 Å². The van der Waals surface area contributed by atoms with Gasteiger partial charge in [-0.05, 0) is 43.1 Å². The normalized spacial score (nSPS) is 22.9. The third kappa shape index (κ3) is 5.39. The molecule has 0 bridgehead atoms. The molecule has 1 aliphatic heterocycles. The number of terminal acetylenes is 1. The Balaban J connectivity index is 2.05. The van der Waals surface area contributed by atoms with Crippen LogP contribution in [-0.2, 0) is 23.4 Å². The summed E-state index contributed by atoms with van der Waals surface area (Å²) in [5, 5.41) is 2.04. The highest BCUT2D eigenvalue weighted by atomic mass is 28.4. The lowest BCUT2D eigenvalue weighted by Gasteiger charge is -2.44. The van der Waals surface area contributed by atoms with Crippen molar-refractivity contribution in [3.05, 3.63) is 60.7 Å². The van der Waals surface area contributed by atoms with Gasteiger partial charge in [-0.2, -0.15) is 0 Å². The standard InChI is InChI=1S/C29H38O5Si/c1-9-22(21-25-29(8,26(30)31-10-2)34-28(6,7)32-25)33-35(27(3,4)5,23-17-13-11-14-18-23)24-19-15-12-16-20-24/h1,11-20,22,25H,10,21H2,2-8H3/t22-,25+,29-/m0/s1. The molecule has 0 radical (unpaired) electrons. The van der Waals surface area contributed by atoms with Crippen molar-refractivity contribution < 1.29 is 23.4 Å². The van der Waals surface area contributed by atoms with E-state index < -0.39 is 37.9 Å². The third-order valence-electron chi connectivity index (χ3n) is 6.53. The fourth-order valence-electron chi connectivity index (χ4n) is 5.03. The molecule has 1 fully saturated rings. The number of ether oxygens (including phenoxy) is 3. The molecule has 0 saturated carbocycles. The van der Waals surface area contributed by atoms with Crippen LogP contribution in [0.1, 0.15) is 54.9 Å². The van der Waals surface area contributed by atoms with E-state index in [-0.39, 0.29) is 11.6 Å². The molecular formula is C29H38O5Si. The van der Waals surface area contributed by atoms with Crippen LogP contribution in [0.3, 0.4) is 0 Å². The number of hydrogen-bond donors (Lipinski definition) is 0. The average Bonchev–Trinajstić information content (AvgIpc) is 3.05. The highest BCUT2D eigenvalue weighted by Gasteiger charge is 2.58. The van der Waals surface area contributed by atoms with Gasteiger partial charge < -0.3 is 18.6 Å². The van der Waals surface area contributed by atoms with Crippen LogP contribution in [-0.4, -0.2) is 44.5 Å². The summed E-state index contributed by atoms with van der Waals surface area (Å²) in [6, 6.07) is 20.7. The first-order chi connectivity index (χ1) is 16.4. The van der Waals surface area contributed by atoms with Crippen LogP contribution in [0.5, 0.6) is 0 Å². The van der Waals surface area contributed by atoms with E-state index in [1.807, 2.05) is 36.4 Å². The van der Waals surface area contributed by atoms with Gasteiger partial charge in [0.25, 0.3) is 8.32 Å². The molecule has 0 aliphatic carbocycles. The molecule has 1 aliphatic rings. The summed E-state index contributed by atoms with van der Waals surface area (Å²) in [7, 11) is -2.88. The Hall–Kier alpha value is -2.43. The van der Waals surface area contributed by atoms with Crippen LogP contribution >= 0.6 is 0 Å². The van der Waals surface area contributed by atoms with E-state index in [2.05, 4.69) is 51.0 Å². The van der Waals surface area contributed by atoms with Gasteiger partial charge in [0.1, 0.15) is 12.2 Å². The molecule has 3 rings (SSSR count). The Morgan fingerprint density at radius 2 is 1.57 bits per heavy atom. The van der Waals surface area contributed by atoms with Gasteiger partial charge in [-0.25, -0.2) is 4.79 Å². The Labute approximate surface area is 211 Å². The molecule has 0 N–H and O–H groups in total. The Morgan fingerprint density at radius 1 is 1.06 bits per heavy atom. The molecule has 2 aromatic carbocycles. The van der Waals surface area contributed by atoms with Gasteiger partial charge in [0.15, 0.2) is 11.4 Å². The third-order valence-corrected chi connectivity index (χ3v) is 11.6. The fourth-order valence-corrected chi connectivity index (χ4v) is 9.63. The SMILES string of the molecule is C#C[C@@H](C[C@H]1OC(C)(C)O[C@]1(C)C(=O)OCC)O[Si](c1ccccc1)(c1ccccc1)C(C)(C)C. The summed E-state index contributed by atoms with van der Waals surface area (Å²) in [6.07, 6.45) is 5.13. The van der Waals surface area contributed by atoms with Gasteiger partial charge in [0, 0.05) is 6.42 Å². The minimum atomic E-state index is -2.88. The van der Waals surface area contributed by atoms with E-state index in [0.29, 0.717) is 6.42 Å². The van der Waals surface area contributed by atoms with Crippen molar-refractivity contribution >= 4 is 24.7 Å². The second kappa shape index (κ2) is 10.3. The van der Waals surface area contributed by atoms with E-state index in [1.54, 1.807) is 27.7 Å². The van der Waals surface area contributed by atoms with E-state index in [4.69, 9.17) is 25.1 Å². The highest BCUT2D eigenvalue weighted by molar-refractivity contribution is 6.99. The van der Waals surface area contributed by atoms with Crippen LogP contribution in [0, 0.1) is 12.3 Å². The van der Waals surface area contributed by atoms with Crippen LogP contribution in [0.25, 0.3) is 0 Å². The van der Waals surface area contributed by atoms with Gasteiger partial charge in [0.05, 0.1) is 6.61 Å². The first kappa shape index (κ1) is 27.2. The van der Waals surface area contributed by atoms with Crippen molar-refractivity contribution in [2.45, 2.75) is 83.5 Å². The van der Waals surface area contributed by atoms with Crippen molar-refractivity contribution in [2.24, 2.45) is 0 Å². The Kier molecular flexibility index (Phi) is 7.98. The van der Waals surface area contributed by atoms with Crippen LogP contribution in [0.15, 0.2) is 60.7 Å². The van der Waals surface area contributed by atoms with Gasteiger partial charge in [-0.3, -0.25) is 0 Å². The lowest BCUT2D eigenvalue weighted by atomic mass is 9.94. The Bertz CT molecular complexity index is 999. The zero-order valence-electron chi connectivity index (χ0n) is 22.0. The summed E-state index contributed by atoms with van der Waals surface area (Å²) >= 11 is 0. The quantitative estimate of drug-likeness (QED) is 0.309. The molecule has 2 aromatic rings. The van der Waals surface area contributed by atoms with E-state index in [1.165, 1.54) is 0 Å². The second-order valence-electron chi connectivity index (χ2n) is 10.6. The average molecular weight is 495 g/mol. The van der Waals surface area contributed by atoms with Crippen molar-refractivity contribution in [3.8, 4) is 12.3 Å². The number of carbonyl (C=O) groups excluding carboxylic acids is 1. The topological polar surface area (TPSA) is 54.0 Å². The van der Waals surface area contributed by atoms with Gasteiger partial charge in [-0.15, -0.1) is 6.42 Å². The number of hydrogen-bond acceptors (Lipinski definition) is 5. The van der Waals surface area contributed by atoms with Crippen molar-refractivity contribution in [1.29, 1.82) is 0 Å². The summed E-state index contributed by atoms with van der Waals surface area (Å²) < 4.78 is 24.7. The van der Waals surface area contributed by atoms with Crippen LogP contribution < -0.4 is 10.4 Å². The molecule has 1 saturated heterocycles. The Morgan fingerprint density at radius 3 is 2.00 bits per heavy atom.